The Morgan fingerprint density at radius 1 is 2.00 bits per heavy atom. The summed E-state index contributed by atoms with van der Waals surface area (Å²) < 4.78 is 0. The fraction of sp³-hybridized carbons (Fsp3) is 0.750. The number of halogens is 1. The Bertz CT molecular complexity index is 138. The molecule has 1 rings (SSSR count). The molecule has 2 atom stereocenters. The van der Waals surface area contributed by atoms with Crippen molar-refractivity contribution in [2.75, 3.05) is 0 Å². The maximum Gasteiger partial charge on any atom is 0.325 e. The summed E-state index contributed by atoms with van der Waals surface area (Å²) in [5, 5.41) is 7.91. The molecule has 3 N–H and O–H groups in total. The van der Waals surface area contributed by atoms with Crippen LogP contribution >= 0.6 is 11.6 Å². The third kappa shape index (κ3) is 0.588. The summed E-state index contributed by atoms with van der Waals surface area (Å²) in [5.41, 5.74) is 4.09. The van der Waals surface area contributed by atoms with Crippen LogP contribution < -0.4 is 5.73 Å². The van der Waals surface area contributed by atoms with Gasteiger partial charge in [-0.3, -0.25) is 4.79 Å². The molecule has 4 heteroatoms. The number of nitrogens with two attached hydrogens (primary N) is 1. The summed E-state index contributed by atoms with van der Waals surface area (Å²) in [6.07, 6.45) is 0.393. The molecule has 0 unspecified atom stereocenters. The molecule has 8 heavy (non-hydrogen) atoms. The van der Waals surface area contributed by atoms with E-state index < -0.39 is 11.5 Å². The van der Waals surface area contributed by atoms with Crippen LogP contribution in [0.3, 0.4) is 0 Å². The molecular weight excluding hydrogens is 130 g/mol. The Labute approximate surface area is 51.4 Å². The number of carboxylic acids is 1. The minimum atomic E-state index is -1.11. The summed E-state index contributed by atoms with van der Waals surface area (Å²) >= 11 is 5.38. The molecular formula is C4H6ClNO2. The SMILES string of the molecule is N[C@]1(C(=O)O)C[C@@H]1Cl. The van der Waals surface area contributed by atoms with Crippen LogP contribution in [-0.4, -0.2) is 22.0 Å². The Morgan fingerprint density at radius 3 is 2.38 bits per heavy atom. The first-order valence-electron chi connectivity index (χ1n) is 2.24. The summed E-state index contributed by atoms with van der Waals surface area (Å²) in [7, 11) is 0. The van der Waals surface area contributed by atoms with Crippen molar-refractivity contribution in [2.24, 2.45) is 5.73 Å². The summed E-state index contributed by atoms with van der Waals surface area (Å²) in [4.78, 5) is 10.1. The zero-order chi connectivity index (χ0) is 6.36. The van der Waals surface area contributed by atoms with Gasteiger partial charge in [0.25, 0.3) is 0 Å². The van der Waals surface area contributed by atoms with Crippen LogP contribution in [0.1, 0.15) is 6.42 Å². The van der Waals surface area contributed by atoms with Gasteiger partial charge in [0.15, 0.2) is 0 Å². The number of carboxylic acid groups (broad SMARTS) is 1. The first-order valence-corrected chi connectivity index (χ1v) is 2.67. The van der Waals surface area contributed by atoms with Gasteiger partial charge in [-0.2, -0.15) is 0 Å². The molecule has 0 heterocycles. The van der Waals surface area contributed by atoms with Gasteiger partial charge >= 0.3 is 5.97 Å². The largest absolute Gasteiger partial charge is 0.480 e. The molecule has 0 bridgehead atoms. The zero-order valence-electron chi connectivity index (χ0n) is 4.10. The third-order valence-corrected chi connectivity index (χ3v) is 1.86. The van der Waals surface area contributed by atoms with Gasteiger partial charge in [0.05, 0.1) is 5.38 Å². The highest BCUT2D eigenvalue weighted by molar-refractivity contribution is 6.26. The molecule has 0 amide bonds. The standard InChI is InChI=1S/C4H6ClNO2/c5-2-1-4(2,6)3(7)8/h2H,1,6H2,(H,7,8)/t2-,4+/m0/s1. The number of hydrogen-bond donors (Lipinski definition) is 2. The molecule has 0 aromatic heterocycles. The average molecular weight is 136 g/mol. The fourth-order valence-corrected chi connectivity index (χ4v) is 0.808. The second-order valence-corrected chi connectivity index (χ2v) is 2.54. The van der Waals surface area contributed by atoms with E-state index in [1.165, 1.54) is 0 Å². The first-order chi connectivity index (χ1) is 3.57. The van der Waals surface area contributed by atoms with Crippen LogP contribution in [0.25, 0.3) is 0 Å². The van der Waals surface area contributed by atoms with Crippen molar-refractivity contribution < 1.29 is 9.90 Å². The lowest BCUT2D eigenvalue weighted by atomic mass is 10.3. The highest BCUT2D eigenvalue weighted by Crippen LogP contribution is 2.38. The van der Waals surface area contributed by atoms with Crippen molar-refractivity contribution in [3.8, 4) is 0 Å². The van der Waals surface area contributed by atoms with Crippen LogP contribution in [0.15, 0.2) is 0 Å². The Kier molecular flexibility index (Phi) is 0.994. The predicted octanol–water partition coefficient (Wildman–Crippen LogP) is -0.220. The topological polar surface area (TPSA) is 63.3 Å². The number of carbonyl (C=O) groups is 1. The molecule has 0 radical (unpaired) electrons. The van der Waals surface area contributed by atoms with E-state index in [2.05, 4.69) is 0 Å². The van der Waals surface area contributed by atoms with Crippen molar-refractivity contribution in [1.82, 2.24) is 0 Å². The molecule has 0 aliphatic heterocycles. The van der Waals surface area contributed by atoms with Crippen LogP contribution in [0.2, 0.25) is 0 Å². The molecule has 0 aromatic carbocycles. The minimum absolute atomic E-state index is 0.361. The quantitative estimate of drug-likeness (QED) is 0.489. The molecule has 3 nitrogen and oxygen atoms in total. The highest BCUT2D eigenvalue weighted by atomic mass is 35.5. The number of alkyl halides is 1. The maximum absolute atomic E-state index is 10.1. The molecule has 0 aromatic rings. The van der Waals surface area contributed by atoms with Gasteiger partial charge in [0.1, 0.15) is 5.54 Å². The molecule has 0 spiro atoms. The third-order valence-electron chi connectivity index (χ3n) is 1.31. The number of hydrogen-bond acceptors (Lipinski definition) is 2. The smallest absolute Gasteiger partial charge is 0.325 e. The van der Waals surface area contributed by atoms with Crippen LogP contribution in [0, 0.1) is 0 Å². The zero-order valence-corrected chi connectivity index (χ0v) is 4.85. The van der Waals surface area contributed by atoms with E-state index in [0.29, 0.717) is 6.42 Å². The summed E-state index contributed by atoms with van der Waals surface area (Å²) in [6, 6.07) is 0. The lowest BCUT2D eigenvalue weighted by Crippen LogP contribution is -2.35. The molecule has 1 saturated carbocycles. The van der Waals surface area contributed by atoms with Crippen LogP contribution in [0.5, 0.6) is 0 Å². The van der Waals surface area contributed by atoms with E-state index in [0.717, 1.165) is 0 Å². The van der Waals surface area contributed by atoms with Gasteiger partial charge in [-0.15, -0.1) is 11.6 Å². The normalized spacial score (nSPS) is 44.0. The van der Waals surface area contributed by atoms with Crippen molar-refractivity contribution in [3.63, 3.8) is 0 Å². The Hall–Kier alpha value is -0.280. The molecule has 1 fully saturated rings. The van der Waals surface area contributed by atoms with Crippen molar-refractivity contribution in [1.29, 1.82) is 0 Å². The van der Waals surface area contributed by atoms with Crippen LogP contribution in [0.4, 0.5) is 0 Å². The van der Waals surface area contributed by atoms with Gasteiger partial charge in [-0.05, 0) is 6.42 Å². The van der Waals surface area contributed by atoms with Gasteiger partial charge in [-0.1, -0.05) is 0 Å². The molecule has 0 saturated heterocycles. The number of rotatable bonds is 1. The van der Waals surface area contributed by atoms with E-state index in [-0.39, 0.29) is 5.38 Å². The lowest BCUT2D eigenvalue weighted by Gasteiger charge is -1.97. The van der Waals surface area contributed by atoms with E-state index in [9.17, 15) is 4.79 Å². The minimum Gasteiger partial charge on any atom is -0.480 e. The second kappa shape index (κ2) is 1.36. The summed E-state index contributed by atoms with van der Waals surface area (Å²) in [5.74, 6) is -1.00. The van der Waals surface area contributed by atoms with E-state index >= 15 is 0 Å². The van der Waals surface area contributed by atoms with Gasteiger partial charge in [0.2, 0.25) is 0 Å². The Morgan fingerprint density at radius 2 is 2.38 bits per heavy atom. The number of aliphatic carboxylic acids is 1. The summed E-state index contributed by atoms with van der Waals surface area (Å²) in [6.45, 7) is 0. The Balaban J connectivity index is 2.60. The molecule has 46 valence electrons. The van der Waals surface area contributed by atoms with Gasteiger partial charge in [-0.25, -0.2) is 0 Å². The monoisotopic (exact) mass is 135 g/mol. The fourth-order valence-electron chi connectivity index (χ4n) is 0.459. The molecule has 1 aliphatic rings. The molecule has 1 aliphatic carbocycles. The van der Waals surface area contributed by atoms with Crippen molar-refractivity contribution in [2.45, 2.75) is 17.3 Å². The maximum atomic E-state index is 10.1. The van der Waals surface area contributed by atoms with Crippen molar-refractivity contribution in [3.05, 3.63) is 0 Å². The predicted molar refractivity (Wildman–Crippen MR) is 28.8 cm³/mol. The van der Waals surface area contributed by atoms with E-state index in [1.807, 2.05) is 0 Å². The lowest BCUT2D eigenvalue weighted by molar-refractivity contribution is -0.139. The van der Waals surface area contributed by atoms with E-state index in [1.54, 1.807) is 0 Å². The first kappa shape index (κ1) is 5.85. The average Bonchev–Trinajstić information content (AvgIpc) is 2.17. The van der Waals surface area contributed by atoms with E-state index in [4.69, 9.17) is 22.4 Å². The van der Waals surface area contributed by atoms with Gasteiger partial charge in [0, 0.05) is 0 Å². The van der Waals surface area contributed by atoms with Crippen molar-refractivity contribution >= 4 is 17.6 Å². The second-order valence-electron chi connectivity index (χ2n) is 2.02. The highest BCUT2D eigenvalue weighted by Gasteiger charge is 2.56. The van der Waals surface area contributed by atoms with Gasteiger partial charge < -0.3 is 10.8 Å². The van der Waals surface area contributed by atoms with Crippen LogP contribution in [-0.2, 0) is 4.79 Å².